The van der Waals surface area contributed by atoms with Crippen molar-refractivity contribution in [1.29, 1.82) is 0 Å². The monoisotopic (exact) mass is 272 g/mol. The molecule has 5 nitrogen and oxygen atoms in total. The highest BCUT2D eigenvalue weighted by Crippen LogP contribution is 2.40. The Kier molecular flexibility index (Phi) is 4.96. The Morgan fingerprint density at radius 3 is 2.26 bits per heavy atom. The lowest BCUT2D eigenvalue weighted by molar-refractivity contribution is -0.165. The molecule has 1 aliphatic heterocycles. The number of carboxylic acid groups (broad SMARTS) is 1. The molecule has 1 aliphatic rings. The van der Waals surface area contributed by atoms with E-state index in [0.717, 1.165) is 0 Å². The van der Waals surface area contributed by atoms with Crippen LogP contribution >= 0.6 is 0 Å². The van der Waals surface area contributed by atoms with Crippen LogP contribution in [-0.2, 0) is 19.1 Å². The maximum absolute atomic E-state index is 11.8. The summed E-state index contributed by atoms with van der Waals surface area (Å²) >= 11 is 0. The number of ether oxygens (including phenoxy) is 2. The number of carboxylic acids is 1. The van der Waals surface area contributed by atoms with E-state index >= 15 is 0 Å². The van der Waals surface area contributed by atoms with Crippen molar-refractivity contribution in [3.05, 3.63) is 0 Å². The zero-order valence-corrected chi connectivity index (χ0v) is 12.2. The summed E-state index contributed by atoms with van der Waals surface area (Å²) in [6, 6.07) is 0. The second-order valence-electron chi connectivity index (χ2n) is 6.45. The van der Waals surface area contributed by atoms with Gasteiger partial charge in [-0.3, -0.25) is 9.59 Å². The van der Waals surface area contributed by atoms with Crippen LogP contribution in [0.4, 0.5) is 0 Å². The standard InChI is InChI=1S/C14H24O5/c1-13(2,3)19-11(15)9-10(12(16)17)14(4)5-7-18-8-6-14/h10H,5-9H2,1-4H3,(H,16,17)/t10-/m1/s1. The lowest BCUT2D eigenvalue weighted by Gasteiger charge is -2.38. The van der Waals surface area contributed by atoms with E-state index in [1.54, 1.807) is 20.8 Å². The van der Waals surface area contributed by atoms with Crippen LogP contribution in [0.15, 0.2) is 0 Å². The molecule has 0 aromatic heterocycles. The SMILES string of the molecule is CC(C)(C)OC(=O)C[C@H](C(=O)O)C1(C)CCOCC1. The first-order chi connectivity index (χ1) is 8.64. The Labute approximate surface area is 114 Å². The van der Waals surface area contributed by atoms with Crippen LogP contribution < -0.4 is 0 Å². The molecule has 110 valence electrons. The number of hydrogen-bond donors (Lipinski definition) is 1. The second kappa shape index (κ2) is 5.90. The summed E-state index contributed by atoms with van der Waals surface area (Å²) in [7, 11) is 0. The first kappa shape index (κ1) is 16.0. The topological polar surface area (TPSA) is 72.8 Å². The summed E-state index contributed by atoms with van der Waals surface area (Å²) in [5.41, 5.74) is -0.988. The number of aliphatic carboxylic acids is 1. The van der Waals surface area contributed by atoms with Crippen molar-refractivity contribution >= 4 is 11.9 Å². The molecule has 0 unspecified atom stereocenters. The number of carbonyl (C=O) groups excluding carboxylic acids is 1. The first-order valence-corrected chi connectivity index (χ1v) is 6.66. The van der Waals surface area contributed by atoms with Gasteiger partial charge in [-0.15, -0.1) is 0 Å². The molecule has 0 aliphatic carbocycles. The van der Waals surface area contributed by atoms with Gasteiger partial charge in [0.05, 0.1) is 12.3 Å². The summed E-state index contributed by atoms with van der Waals surface area (Å²) in [5, 5.41) is 9.39. The highest BCUT2D eigenvalue weighted by Gasteiger charge is 2.42. The molecule has 1 heterocycles. The van der Waals surface area contributed by atoms with Gasteiger partial charge in [-0.05, 0) is 39.0 Å². The van der Waals surface area contributed by atoms with Crippen LogP contribution in [0, 0.1) is 11.3 Å². The van der Waals surface area contributed by atoms with Gasteiger partial charge < -0.3 is 14.6 Å². The van der Waals surface area contributed by atoms with Crippen LogP contribution in [-0.4, -0.2) is 35.9 Å². The molecule has 0 aromatic rings. The third-order valence-electron chi connectivity index (χ3n) is 3.57. The minimum Gasteiger partial charge on any atom is -0.481 e. The van der Waals surface area contributed by atoms with E-state index in [2.05, 4.69) is 0 Å². The molecule has 0 aromatic carbocycles. The molecule has 19 heavy (non-hydrogen) atoms. The van der Waals surface area contributed by atoms with Gasteiger partial charge in [0.1, 0.15) is 5.60 Å². The third-order valence-corrected chi connectivity index (χ3v) is 3.57. The average molecular weight is 272 g/mol. The fourth-order valence-corrected chi connectivity index (χ4v) is 2.37. The zero-order chi connectivity index (χ0) is 14.7. The highest BCUT2D eigenvalue weighted by molar-refractivity contribution is 5.79. The fraction of sp³-hybridized carbons (Fsp3) is 0.857. The molecule has 0 amide bonds. The quantitative estimate of drug-likeness (QED) is 0.794. The lowest BCUT2D eigenvalue weighted by atomic mass is 9.70. The van der Waals surface area contributed by atoms with Crippen LogP contribution in [0.25, 0.3) is 0 Å². The molecule has 1 atom stereocenters. The molecule has 1 saturated heterocycles. The number of esters is 1. The molecule has 1 rings (SSSR count). The summed E-state index contributed by atoms with van der Waals surface area (Å²) in [4.78, 5) is 23.3. The van der Waals surface area contributed by atoms with Gasteiger partial charge in [0.25, 0.3) is 0 Å². The fourth-order valence-electron chi connectivity index (χ4n) is 2.37. The predicted molar refractivity (Wildman–Crippen MR) is 69.7 cm³/mol. The summed E-state index contributed by atoms with van der Waals surface area (Å²) in [5.74, 6) is -2.10. The van der Waals surface area contributed by atoms with Gasteiger partial charge in [-0.1, -0.05) is 6.92 Å². The molecule has 1 fully saturated rings. The molecule has 0 saturated carbocycles. The van der Waals surface area contributed by atoms with Crippen molar-refractivity contribution in [2.24, 2.45) is 11.3 Å². The molecule has 0 radical (unpaired) electrons. The van der Waals surface area contributed by atoms with Gasteiger partial charge in [-0.25, -0.2) is 0 Å². The minimum absolute atomic E-state index is 0.0803. The van der Waals surface area contributed by atoms with Gasteiger partial charge in [-0.2, -0.15) is 0 Å². The molecular formula is C14H24O5. The van der Waals surface area contributed by atoms with Crippen LogP contribution in [0.3, 0.4) is 0 Å². The second-order valence-corrected chi connectivity index (χ2v) is 6.45. The van der Waals surface area contributed by atoms with Crippen molar-refractivity contribution < 1.29 is 24.2 Å². The Hall–Kier alpha value is -1.10. The minimum atomic E-state index is -0.935. The van der Waals surface area contributed by atoms with E-state index < -0.39 is 28.9 Å². The van der Waals surface area contributed by atoms with Gasteiger partial charge in [0, 0.05) is 13.2 Å². The smallest absolute Gasteiger partial charge is 0.307 e. The van der Waals surface area contributed by atoms with E-state index in [9.17, 15) is 14.7 Å². The van der Waals surface area contributed by atoms with Crippen molar-refractivity contribution in [1.82, 2.24) is 0 Å². The Balaban J connectivity index is 2.73. The summed E-state index contributed by atoms with van der Waals surface area (Å²) in [6.45, 7) is 8.34. The maximum Gasteiger partial charge on any atom is 0.307 e. The Morgan fingerprint density at radius 2 is 1.84 bits per heavy atom. The van der Waals surface area contributed by atoms with Gasteiger partial charge in [0.15, 0.2) is 0 Å². The molecule has 0 spiro atoms. The number of hydrogen-bond acceptors (Lipinski definition) is 4. The van der Waals surface area contributed by atoms with Gasteiger partial charge in [0.2, 0.25) is 0 Å². The third kappa shape index (κ3) is 4.82. The van der Waals surface area contributed by atoms with Crippen molar-refractivity contribution in [2.45, 2.75) is 52.6 Å². The normalized spacial score (nSPS) is 20.6. The van der Waals surface area contributed by atoms with Crippen molar-refractivity contribution in [3.8, 4) is 0 Å². The Morgan fingerprint density at radius 1 is 1.32 bits per heavy atom. The van der Waals surface area contributed by atoms with E-state index in [1.165, 1.54) is 0 Å². The first-order valence-electron chi connectivity index (χ1n) is 6.66. The van der Waals surface area contributed by atoms with E-state index in [0.29, 0.717) is 26.1 Å². The molecular weight excluding hydrogens is 248 g/mol. The van der Waals surface area contributed by atoms with Gasteiger partial charge >= 0.3 is 11.9 Å². The lowest BCUT2D eigenvalue weighted by Crippen LogP contribution is -2.40. The van der Waals surface area contributed by atoms with E-state index in [-0.39, 0.29) is 6.42 Å². The maximum atomic E-state index is 11.8. The van der Waals surface area contributed by atoms with E-state index in [4.69, 9.17) is 9.47 Å². The Bertz CT molecular complexity index is 336. The van der Waals surface area contributed by atoms with Crippen LogP contribution in [0.1, 0.15) is 47.0 Å². The van der Waals surface area contributed by atoms with Crippen molar-refractivity contribution in [2.75, 3.05) is 13.2 Å². The zero-order valence-electron chi connectivity index (χ0n) is 12.2. The number of carbonyl (C=O) groups is 2. The average Bonchev–Trinajstić information content (AvgIpc) is 2.24. The van der Waals surface area contributed by atoms with Crippen molar-refractivity contribution in [3.63, 3.8) is 0 Å². The molecule has 0 bridgehead atoms. The molecule has 5 heteroatoms. The summed E-state index contributed by atoms with van der Waals surface area (Å²) < 4.78 is 10.5. The summed E-state index contributed by atoms with van der Waals surface area (Å²) in [6.07, 6.45) is 1.24. The largest absolute Gasteiger partial charge is 0.481 e. The van der Waals surface area contributed by atoms with Crippen LogP contribution in [0.2, 0.25) is 0 Å². The highest BCUT2D eigenvalue weighted by atomic mass is 16.6. The van der Waals surface area contributed by atoms with Crippen LogP contribution in [0.5, 0.6) is 0 Å². The number of rotatable bonds is 4. The van der Waals surface area contributed by atoms with E-state index in [1.807, 2.05) is 6.92 Å². The predicted octanol–water partition coefficient (Wildman–Crippen LogP) is 2.24. The molecule has 1 N–H and O–H groups in total.